The second-order valence-electron chi connectivity index (χ2n) is 7.87. The lowest BCUT2D eigenvalue weighted by Gasteiger charge is -2.23. The molecule has 1 aromatic heterocycles. The number of aromatic nitrogens is 2. The molecule has 2 N–H and O–H groups in total. The van der Waals surface area contributed by atoms with Crippen molar-refractivity contribution in [3.8, 4) is 10.6 Å². The van der Waals surface area contributed by atoms with Gasteiger partial charge in [0.15, 0.2) is 0 Å². The van der Waals surface area contributed by atoms with Crippen molar-refractivity contribution < 1.29 is 13.2 Å². The molecule has 2 atom stereocenters. The first-order valence-corrected chi connectivity index (χ1v) is 13.8. The Kier molecular flexibility index (Phi) is 7.42. The number of rotatable bonds is 8. The minimum Gasteiger partial charge on any atom is -0.299 e. The summed E-state index contributed by atoms with van der Waals surface area (Å²) in [6.45, 7) is 3.75. The maximum absolute atomic E-state index is 13.3. The lowest BCUT2D eigenvalue weighted by atomic mass is 9.99. The molecule has 176 valence electrons. The molecule has 0 saturated carbocycles. The number of anilines is 1. The van der Waals surface area contributed by atoms with Gasteiger partial charge >= 0.3 is 0 Å². The first-order chi connectivity index (χ1) is 16.3. The third-order valence-corrected chi connectivity index (χ3v) is 8.48. The SMILES string of the molecule is CC[C@H](C)[C@@H](NS(=O)(=O)c1cccc2ccccc12)C(=O)Nc1nnc(-c2ccc(Br)cc2)s1. The van der Waals surface area contributed by atoms with E-state index in [0.29, 0.717) is 21.9 Å². The van der Waals surface area contributed by atoms with Crippen LogP contribution in [0.3, 0.4) is 0 Å². The summed E-state index contributed by atoms with van der Waals surface area (Å²) in [5.74, 6) is -0.722. The monoisotopic (exact) mass is 558 g/mol. The Balaban J connectivity index is 1.57. The Morgan fingerprint density at radius 2 is 1.74 bits per heavy atom. The zero-order valence-corrected chi connectivity index (χ0v) is 21.7. The Morgan fingerprint density at radius 1 is 1.03 bits per heavy atom. The molecule has 3 aromatic carbocycles. The van der Waals surface area contributed by atoms with Crippen LogP contribution in [0.1, 0.15) is 20.3 Å². The number of hydrogen-bond acceptors (Lipinski definition) is 6. The van der Waals surface area contributed by atoms with Gasteiger partial charge in [-0.25, -0.2) is 8.42 Å². The average molecular weight is 560 g/mol. The Hall–Kier alpha value is -2.66. The van der Waals surface area contributed by atoms with Gasteiger partial charge in [0.1, 0.15) is 11.0 Å². The Bertz CT molecular complexity index is 1420. The fourth-order valence-corrected chi connectivity index (χ4v) is 6.04. The van der Waals surface area contributed by atoms with Crippen molar-refractivity contribution >= 4 is 59.1 Å². The predicted octanol–water partition coefficient (Wildman–Crippen LogP) is 5.45. The smallest absolute Gasteiger partial charge is 0.244 e. The molecule has 1 heterocycles. The van der Waals surface area contributed by atoms with Gasteiger partial charge in [0.2, 0.25) is 21.1 Å². The summed E-state index contributed by atoms with van der Waals surface area (Å²) in [6.07, 6.45) is 0.608. The van der Waals surface area contributed by atoms with Crippen LogP contribution in [0, 0.1) is 5.92 Å². The fraction of sp³-hybridized carbons (Fsp3) is 0.208. The summed E-state index contributed by atoms with van der Waals surface area (Å²) in [5.41, 5.74) is 0.872. The average Bonchev–Trinajstić information content (AvgIpc) is 3.30. The number of sulfonamides is 1. The standard InChI is InChI=1S/C24H23BrN4O3S2/c1-3-15(2)21(29-34(31,32)20-10-6-8-16-7-4-5-9-19(16)20)22(30)26-24-28-27-23(33-24)17-11-13-18(25)14-12-17/h4-15,21,29H,3H2,1-2H3,(H,26,28,30)/t15-,21+/m0/s1. The molecule has 0 fully saturated rings. The zero-order chi connectivity index (χ0) is 24.3. The number of fused-ring (bicyclic) bond motifs is 1. The summed E-state index contributed by atoms with van der Waals surface area (Å²) in [6, 6.07) is 19.0. The maximum atomic E-state index is 13.3. The molecule has 1 amide bonds. The summed E-state index contributed by atoms with van der Waals surface area (Å²) in [4.78, 5) is 13.3. The second-order valence-corrected chi connectivity index (χ2v) is 11.4. The van der Waals surface area contributed by atoms with Gasteiger partial charge in [0.05, 0.1) is 4.90 Å². The third kappa shape index (κ3) is 5.35. The van der Waals surface area contributed by atoms with Crippen molar-refractivity contribution in [3.05, 3.63) is 71.2 Å². The van der Waals surface area contributed by atoms with E-state index in [1.165, 1.54) is 11.3 Å². The highest BCUT2D eigenvalue weighted by atomic mass is 79.9. The summed E-state index contributed by atoms with van der Waals surface area (Å²) < 4.78 is 30.2. The maximum Gasteiger partial charge on any atom is 0.244 e. The van der Waals surface area contributed by atoms with Crippen LogP contribution in [0.25, 0.3) is 21.3 Å². The van der Waals surface area contributed by atoms with Crippen LogP contribution in [-0.4, -0.2) is 30.6 Å². The van der Waals surface area contributed by atoms with Crippen LogP contribution < -0.4 is 10.0 Å². The van der Waals surface area contributed by atoms with Crippen molar-refractivity contribution in [1.29, 1.82) is 0 Å². The van der Waals surface area contributed by atoms with Gasteiger partial charge in [-0.1, -0.05) is 96.1 Å². The third-order valence-electron chi connectivity index (χ3n) is 5.56. The number of nitrogens with one attached hydrogen (secondary N) is 2. The van der Waals surface area contributed by atoms with Gasteiger partial charge in [0.25, 0.3) is 0 Å². The van der Waals surface area contributed by atoms with Gasteiger partial charge in [-0.15, -0.1) is 10.2 Å². The minimum atomic E-state index is -3.97. The number of carbonyl (C=O) groups excluding carboxylic acids is 1. The molecule has 7 nitrogen and oxygen atoms in total. The molecule has 0 radical (unpaired) electrons. The normalized spacial score (nSPS) is 13.5. The molecule has 10 heteroatoms. The van der Waals surface area contributed by atoms with Crippen molar-refractivity contribution in [1.82, 2.24) is 14.9 Å². The quantitative estimate of drug-likeness (QED) is 0.299. The molecular weight excluding hydrogens is 536 g/mol. The van der Waals surface area contributed by atoms with Crippen LogP contribution in [0.4, 0.5) is 5.13 Å². The van der Waals surface area contributed by atoms with Crippen LogP contribution in [0.2, 0.25) is 0 Å². The van der Waals surface area contributed by atoms with Crippen LogP contribution in [-0.2, 0) is 14.8 Å². The summed E-state index contributed by atoms with van der Waals surface area (Å²) >= 11 is 4.63. The number of carbonyl (C=O) groups is 1. The highest BCUT2D eigenvalue weighted by Gasteiger charge is 2.31. The first-order valence-electron chi connectivity index (χ1n) is 10.7. The molecule has 0 aliphatic rings. The van der Waals surface area contributed by atoms with E-state index in [4.69, 9.17) is 0 Å². The largest absolute Gasteiger partial charge is 0.299 e. The Morgan fingerprint density at radius 3 is 2.47 bits per heavy atom. The van der Waals surface area contributed by atoms with Gasteiger partial charge in [-0.3, -0.25) is 10.1 Å². The van der Waals surface area contributed by atoms with Gasteiger partial charge in [-0.2, -0.15) is 4.72 Å². The van der Waals surface area contributed by atoms with E-state index in [0.717, 1.165) is 15.4 Å². The Labute approximate surface area is 210 Å². The van der Waals surface area contributed by atoms with E-state index in [-0.39, 0.29) is 10.8 Å². The minimum absolute atomic E-state index is 0.139. The van der Waals surface area contributed by atoms with Crippen LogP contribution in [0.5, 0.6) is 0 Å². The number of amides is 1. The van der Waals surface area contributed by atoms with E-state index < -0.39 is 22.0 Å². The van der Waals surface area contributed by atoms with Gasteiger partial charge in [-0.05, 0) is 29.5 Å². The number of benzene rings is 3. The fourth-order valence-electron chi connectivity index (χ4n) is 3.49. The van der Waals surface area contributed by atoms with E-state index in [9.17, 15) is 13.2 Å². The lowest BCUT2D eigenvalue weighted by molar-refractivity contribution is -0.118. The van der Waals surface area contributed by atoms with Crippen LogP contribution >= 0.6 is 27.3 Å². The molecule has 0 aliphatic carbocycles. The molecule has 0 bridgehead atoms. The van der Waals surface area contributed by atoms with E-state index >= 15 is 0 Å². The van der Waals surface area contributed by atoms with E-state index in [1.54, 1.807) is 24.3 Å². The summed E-state index contributed by atoms with van der Waals surface area (Å²) in [7, 11) is -3.97. The molecule has 0 spiro atoms. The molecule has 0 aliphatic heterocycles. The number of halogens is 1. The molecule has 0 saturated heterocycles. The summed E-state index contributed by atoms with van der Waals surface area (Å²) in [5, 5.41) is 13.3. The van der Waals surface area contributed by atoms with Gasteiger partial charge < -0.3 is 0 Å². The highest BCUT2D eigenvalue weighted by molar-refractivity contribution is 9.10. The van der Waals surface area contributed by atoms with Crippen molar-refractivity contribution in [2.24, 2.45) is 5.92 Å². The van der Waals surface area contributed by atoms with Crippen molar-refractivity contribution in [2.45, 2.75) is 31.2 Å². The van der Waals surface area contributed by atoms with Gasteiger partial charge in [0, 0.05) is 15.4 Å². The molecule has 0 unspecified atom stereocenters. The molecule has 4 aromatic rings. The number of nitrogens with zero attached hydrogens (tertiary/aromatic N) is 2. The molecule has 34 heavy (non-hydrogen) atoms. The molecule has 4 rings (SSSR count). The van der Waals surface area contributed by atoms with Crippen LogP contribution in [0.15, 0.2) is 76.1 Å². The predicted molar refractivity (Wildman–Crippen MR) is 139 cm³/mol. The highest BCUT2D eigenvalue weighted by Crippen LogP contribution is 2.28. The first kappa shape index (κ1) is 24.5. The topological polar surface area (TPSA) is 101 Å². The van der Waals surface area contributed by atoms with Crippen molar-refractivity contribution in [2.75, 3.05) is 5.32 Å². The zero-order valence-electron chi connectivity index (χ0n) is 18.5. The molecular formula is C24H23BrN4O3S2. The van der Waals surface area contributed by atoms with E-state index in [1.807, 2.05) is 56.3 Å². The van der Waals surface area contributed by atoms with E-state index in [2.05, 4.69) is 36.2 Å². The van der Waals surface area contributed by atoms with Crippen molar-refractivity contribution in [3.63, 3.8) is 0 Å². The second kappa shape index (κ2) is 10.3. The number of hydrogen-bond donors (Lipinski definition) is 2. The lowest BCUT2D eigenvalue weighted by Crippen LogP contribution is -2.47.